The van der Waals surface area contributed by atoms with Gasteiger partial charge in [-0.1, -0.05) is 67.1 Å². The summed E-state index contributed by atoms with van der Waals surface area (Å²) in [7, 11) is 0. The lowest BCUT2D eigenvalue weighted by Crippen LogP contribution is -2.11. The van der Waals surface area contributed by atoms with Crippen molar-refractivity contribution in [1.29, 1.82) is 0 Å². The standard InChI is InChI=1S/C21H31BrO4/c1-3-4-5-6-7-8-15-25-20(23)13-10-14-21(24)26-17(2)18-11-9-12-19(22)16-18/h9,11-12,16-17H,3-8,10,13-15H2,1-2H3. The third-order valence-electron chi connectivity index (χ3n) is 4.15. The second kappa shape index (κ2) is 13.8. The van der Waals surface area contributed by atoms with E-state index in [1.165, 1.54) is 25.7 Å². The Hall–Kier alpha value is -1.36. The van der Waals surface area contributed by atoms with Crippen LogP contribution < -0.4 is 0 Å². The van der Waals surface area contributed by atoms with Crippen LogP contribution in [0.2, 0.25) is 0 Å². The summed E-state index contributed by atoms with van der Waals surface area (Å²) >= 11 is 3.40. The summed E-state index contributed by atoms with van der Waals surface area (Å²) in [5.41, 5.74) is 0.936. The molecule has 1 rings (SSSR count). The first-order chi connectivity index (χ1) is 12.5. The van der Waals surface area contributed by atoms with Crippen molar-refractivity contribution >= 4 is 27.9 Å². The molecule has 0 aromatic heterocycles. The highest BCUT2D eigenvalue weighted by atomic mass is 79.9. The third kappa shape index (κ3) is 10.6. The van der Waals surface area contributed by atoms with Gasteiger partial charge in [-0.2, -0.15) is 0 Å². The number of benzene rings is 1. The molecule has 0 N–H and O–H groups in total. The molecule has 26 heavy (non-hydrogen) atoms. The molecule has 5 heteroatoms. The van der Waals surface area contributed by atoms with Gasteiger partial charge in [0.05, 0.1) is 6.61 Å². The van der Waals surface area contributed by atoms with Gasteiger partial charge in [0, 0.05) is 17.3 Å². The zero-order chi connectivity index (χ0) is 19.2. The van der Waals surface area contributed by atoms with Crippen LogP contribution in [0.4, 0.5) is 0 Å². The fraction of sp³-hybridized carbons (Fsp3) is 0.619. The van der Waals surface area contributed by atoms with Gasteiger partial charge in [0.25, 0.3) is 0 Å². The molecule has 0 aliphatic rings. The Balaban J connectivity index is 2.09. The predicted molar refractivity (Wildman–Crippen MR) is 107 cm³/mol. The lowest BCUT2D eigenvalue weighted by atomic mass is 10.1. The largest absolute Gasteiger partial charge is 0.466 e. The van der Waals surface area contributed by atoms with Crippen LogP contribution >= 0.6 is 15.9 Å². The molecule has 0 amide bonds. The number of unbranched alkanes of at least 4 members (excludes halogenated alkanes) is 5. The first kappa shape index (κ1) is 22.7. The summed E-state index contributed by atoms with van der Waals surface area (Å²) in [6, 6.07) is 7.68. The van der Waals surface area contributed by atoms with Crippen molar-refractivity contribution in [3.05, 3.63) is 34.3 Å². The Labute approximate surface area is 165 Å². The van der Waals surface area contributed by atoms with Gasteiger partial charge >= 0.3 is 11.9 Å². The molecule has 0 heterocycles. The molecule has 0 saturated carbocycles. The molecule has 0 fully saturated rings. The van der Waals surface area contributed by atoms with Crippen molar-refractivity contribution in [1.82, 2.24) is 0 Å². The van der Waals surface area contributed by atoms with Crippen LogP contribution in [0.15, 0.2) is 28.7 Å². The topological polar surface area (TPSA) is 52.6 Å². The average Bonchev–Trinajstić information content (AvgIpc) is 2.61. The summed E-state index contributed by atoms with van der Waals surface area (Å²) in [5, 5.41) is 0. The van der Waals surface area contributed by atoms with E-state index >= 15 is 0 Å². The van der Waals surface area contributed by atoms with Gasteiger partial charge in [0.2, 0.25) is 0 Å². The molecule has 1 aromatic carbocycles. The molecule has 1 aromatic rings. The number of halogens is 1. The van der Waals surface area contributed by atoms with Crippen LogP contribution in [0.5, 0.6) is 0 Å². The van der Waals surface area contributed by atoms with Crippen molar-refractivity contribution in [2.45, 2.75) is 77.7 Å². The highest BCUT2D eigenvalue weighted by Gasteiger charge is 2.13. The average molecular weight is 427 g/mol. The molecule has 4 nitrogen and oxygen atoms in total. The highest BCUT2D eigenvalue weighted by Crippen LogP contribution is 2.21. The summed E-state index contributed by atoms with van der Waals surface area (Å²) in [5.74, 6) is -0.521. The minimum Gasteiger partial charge on any atom is -0.466 e. The minimum absolute atomic E-state index is 0.227. The van der Waals surface area contributed by atoms with Crippen molar-refractivity contribution in [3.8, 4) is 0 Å². The van der Waals surface area contributed by atoms with Gasteiger partial charge < -0.3 is 9.47 Å². The van der Waals surface area contributed by atoms with Crippen LogP contribution in [-0.4, -0.2) is 18.5 Å². The zero-order valence-corrected chi connectivity index (χ0v) is 17.6. The summed E-state index contributed by atoms with van der Waals surface area (Å²) in [4.78, 5) is 23.6. The van der Waals surface area contributed by atoms with Crippen LogP contribution in [0.3, 0.4) is 0 Å². The lowest BCUT2D eigenvalue weighted by molar-refractivity contribution is -0.149. The maximum absolute atomic E-state index is 11.9. The first-order valence-corrected chi connectivity index (χ1v) is 10.4. The summed E-state index contributed by atoms with van der Waals surface area (Å²) in [6.07, 6.45) is 7.63. The molecule has 146 valence electrons. The van der Waals surface area contributed by atoms with E-state index in [4.69, 9.17) is 9.47 Å². The Morgan fingerprint density at radius 3 is 2.42 bits per heavy atom. The zero-order valence-electron chi connectivity index (χ0n) is 16.0. The number of carbonyl (C=O) groups is 2. The van der Waals surface area contributed by atoms with Gasteiger partial charge in [-0.15, -0.1) is 0 Å². The number of carbonyl (C=O) groups excluding carboxylic acids is 2. The van der Waals surface area contributed by atoms with E-state index in [2.05, 4.69) is 22.9 Å². The smallest absolute Gasteiger partial charge is 0.306 e. The van der Waals surface area contributed by atoms with Gasteiger partial charge in [-0.25, -0.2) is 0 Å². The maximum Gasteiger partial charge on any atom is 0.306 e. The first-order valence-electron chi connectivity index (χ1n) is 9.63. The van der Waals surface area contributed by atoms with Gasteiger partial charge in [0.15, 0.2) is 0 Å². The molecular formula is C21H31BrO4. The maximum atomic E-state index is 11.9. The van der Waals surface area contributed by atoms with Crippen molar-refractivity contribution in [2.75, 3.05) is 6.61 Å². The fourth-order valence-electron chi connectivity index (χ4n) is 2.60. The molecule has 1 unspecified atom stereocenters. The Morgan fingerprint density at radius 2 is 1.69 bits per heavy atom. The Kier molecular flexibility index (Phi) is 12.0. The molecule has 0 aliphatic heterocycles. The Morgan fingerprint density at radius 1 is 1.00 bits per heavy atom. The summed E-state index contributed by atoms with van der Waals surface area (Å²) in [6.45, 7) is 4.52. The van der Waals surface area contributed by atoms with E-state index in [9.17, 15) is 9.59 Å². The van der Waals surface area contributed by atoms with Crippen molar-refractivity contribution in [2.24, 2.45) is 0 Å². The quantitative estimate of drug-likeness (QED) is 0.281. The summed E-state index contributed by atoms with van der Waals surface area (Å²) < 4.78 is 11.6. The van der Waals surface area contributed by atoms with Crippen LogP contribution in [0.25, 0.3) is 0 Å². The van der Waals surface area contributed by atoms with E-state index in [0.717, 1.165) is 22.9 Å². The number of rotatable bonds is 13. The van der Waals surface area contributed by atoms with E-state index < -0.39 is 0 Å². The molecule has 0 aliphatic carbocycles. The Bertz CT molecular complexity index is 545. The van der Waals surface area contributed by atoms with Gasteiger partial charge in [-0.3, -0.25) is 9.59 Å². The van der Waals surface area contributed by atoms with Crippen LogP contribution in [0.1, 0.15) is 83.3 Å². The number of hydrogen-bond acceptors (Lipinski definition) is 4. The lowest BCUT2D eigenvalue weighted by Gasteiger charge is -2.14. The SMILES string of the molecule is CCCCCCCCOC(=O)CCCC(=O)OC(C)c1cccc(Br)c1. The number of ether oxygens (including phenoxy) is 2. The van der Waals surface area contributed by atoms with Crippen molar-refractivity contribution < 1.29 is 19.1 Å². The second-order valence-electron chi connectivity index (χ2n) is 6.53. The van der Waals surface area contributed by atoms with Crippen LogP contribution in [-0.2, 0) is 19.1 Å². The molecular weight excluding hydrogens is 396 g/mol. The molecule has 0 spiro atoms. The normalized spacial score (nSPS) is 11.8. The van der Waals surface area contributed by atoms with E-state index in [1.807, 2.05) is 31.2 Å². The molecule has 1 atom stereocenters. The number of esters is 2. The molecule has 0 bridgehead atoms. The second-order valence-corrected chi connectivity index (χ2v) is 7.44. The van der Waals surface area contributed by atoms with E-state index in [1.54, 1.807) is 0 Å². The predicted octanol–water partition coefficient (Wildman–Crippen LogP) is 6.13. The fourth-order valence-corrected chi connectivity index (χ4v) is 3.02. The minimum atomic E-state index is -0.306. The number of hydrogen-bond donors (Lipinski definition) is 0. The van der Waals surface area contributed by atoms with Gasteiger partial charge in [-0.05, 0) is 37.5 Å². The third-order valence-corrected chi connectivity index (χ3v) is 4.64. The monoisotopic (exact) mass is 426 g/mol. The highest BCUT2D eigenvalue weighted by molar-refractivity contribution is 9.10. The molecule has 0 saturated heterocycles. The van der Waals surface area contributed by atoms with E-state index in [-0.39, 0.29) is 30.9 Å². The van der Waals surface area contributed by atoms with Gasteiger partial charge in [0.1, 0.15) is 6.10 Å². The van der Waals surface area contributed by atoms with Crippen molar-refractivity contribution in [3.63, 3.8) is 0 Å². The molecule has 0 radical (unpaired) electrons. The van der Waals surface area contributed by atoms with E-state index in [0.29, 0.717) is 13.0 Å². The van der Waals surface area contributed by atoms with Crippen LogP contribution in [0, 0.1) is 0 Å².